The molecule has 1 saturated heterocycles. The van der Waals surface area contributed by atoms with Crippen LogP contribution < -0.4 is 14.4 Å². The number of halogens is 2. The van der Waals surface area contributed by atoms with Crippen molar-refractivity contribution in [1.29, 1.82) is 0 Å². The van der Waals surface area contributed by atoms with Crippen LogP contribution in [-0.2, 0) is 4.74 Å². The molecule has 3 heterocycles. The Bertz CT molecular complexity index is 1040. The zero-order valence-electron chi connectivity index (χ0n) is 19.1. The summed E-state index contributed by atoms with van der Waals surface area (Å²) >= 11 is 0. The Hall–Kier alpha value is -2.78. The molecule has 2 aromatic rings. The number of pyridine rings is 1. The molecule has 1 aromatic heterocycles. The summed E-state index contributed by atoms with van der Waals surface area (Å²) < 4.78 is 42.2. The van der Waals surface area contributed by atoms with Gasteiger partial charge in [0.15, 0.2) is 11.5 Å². The number of aliphatic imine (C=N–C) groups is 1. The maximum Gasteiger partial charge on any atom is 0.387 e. The number of hydrogen-bond acceptors (Lipinski definition) is 7. The fourth-order valence-corrected chi connectivity index (χ4v) is 5.14. The molecule has 1 saturated carbocycles. The number of aromatic nitrogens is 1. The molecule has 7 nitrogen and oxygen atoms in total. The van der Waals surface area contributed by atoms with E-state index in [-0.39, 0.29) is 23.5 Å². The lowest BCUT2D eigenvalue weighted by Crippen LogP contribution is -2.36. The van der Waals surface area contributed by atoms with Crippen molar-refractivity contribution in [2.45, 2.75) is 50.9 Å². The average molecular weight is 474 g/mol. The molecule has 2 fully saturated rings. The summed E-state index contributed by atoms with van der Waals surface area (Å²) in [6.07, 6.45) is 3.39. The number of aliphatic hydroxyl groups excluding tert-OH is 1. The number of alkyl halides is 2. The van der Waals surface area contributed by atoms with Gasteiger partial charge in [0.05, 0.1) is 37.7 Å². The van der Waals surface area contributed by atoms with Crippen molar-refractivity contribution in [3.05, 3.63) is 47.2 Å². The maximum absolute atomic E-state index is 13.2. The highest BCUT2D eigenvalue weighted by atomic mass is 19.3. The van der Waals surface area contributed by atoms with Crippen LogP contribution in [0.1, 0.15) is 48.8 Å². The van der Waals surface area contributed by atoms with Gasteiger partial charge in [-0.15, -0.1) is 0 Å². The van der Waals surface area contributed by atoms with Gasteiger partial charge in [0.2, 0.25) is 0 Å². The van der Waals surface area contributed by atoms with E-state index in [4.69, 9.17) is 19.2 Å². The first kappa shape index (κ1) is 23.0. The molecule has 3 aliphatic rings. The molecule has 182 valence electrons. The molecule has 3 unspecified atom stereocenters. The normalized spacial score (nSPS) is 24.3. The van der Waals surface area contributed by atoms with E-state index >= 15 is 0 Å². The van der Waals surface area contributed by atoms with Gasteiger partial charge in [-0.2, -0.15) is 8.78 Å². The van der Waals surface area contributed by atoms with E-state index in [2.05, 4.69) is 9.88 Å². The zero-order valence-corrected chi connectivity index (χ0v) is 19.1. The van der Waals surface area contributed by atoms with Crippen LogP contribution in [-0.4, -0.2) is 67.5 Å². The van der Waals surface area contributed by atoms with Crippen molar-refractivity contribution in [3.63, 3.8) is 0 Å². The van der Waals surface area contributed by atoms with Crippen molar-refractivity contribution in [2.24, 2.45) is 4.99 Å². The fraction of sp³-hybridized carbons (Fsp3) is 0.520. The minimum Gasteiger partial charge on any atom is -0.490 e. The summed E-state index contributed by atoms with van der Waals surface area (Å²) in [6, 6.07) is 7.32. The van der Waals surface area contributed by atoms with E-state index in [9.17, 15) is 13.9 Å². The second-order valence-electron chi connectivity index (χ2n) is 8.82. The van der Waals surface area contributed by atoms with Gasteiger partial charge in [-0.25, -0.2) is 4.98 Å². The first-order chi connectivity index (χ1) is 16.5. The predicted molar refractivity (Wildman–Crippen MR) is 124 cm³/mol. The van der Waals surface area contributed by atoms with Crippen LogP contribution in [0.4, 0.5) is 14.6 Å². The predicted octanol–water partition coefficient (Wildman–Crippen LogP) is 3.77. The van der Waals surface area contributed by atoms with Crippen LogP contribution in [0, 0.1) is 0 Å². The van der Waals surface area contributed by atoms with Gasteiger partial charge in [0.1, 0.15) is 5.82 Å². The Kier molecular flexibility index (Phi) is 6.65. The smallest absolute Gasteiger partial charge is 0.387 e. The summed E-state index contributed by atoms with van der Waals surface area (Å²) in [5.74, 6) is 1.12. The van der Waals surface area contributed by atoms with Gasteiger partial charge in [-0.1, -0.05) is 0 Å². The SMILES string of the molecule is CCOc1cc2c(cc1OC(F)F)C(c1ccc(N3CCOCC3)nc1)=NC1CCC(O)CC21. The van der Waals surface area contributed by atoms with Crippen molar-refractivity contribution in [3.8, 4) is 11.5 Å². The monoisotopic (exact) mass is 473 g/mol. The Balaban J connectivity index is 1.56. The molecule has 9 heteroatoms. The zero-order chi connectivity index (χ0) is 23.7. The Morgan fingerprint density at radius 3 is 2.71 bits per heavy atom. The van der Waals surface area contributed by atoms with E-state index < -0.39 is 12.7 Å². The molecule has 1 aliphatic carbocycles. The Labute approximate surface area is 197 Å². The highest BCUT2D eigenvalue weighted by Crippen LogP contribution is 2.45. The summed E-state index contributed by atoms with van der Waals surface area (Å²) in [4.78, 5) is 11.9. The molecule has 1 aromatic carbocycles. The lowest BCUT2D eigenvalue weighted by molar-refractivity contribution is -0.0514. The maximum atomic E-state index is 13.2. The van der Waals surface area contributed by atoms with Crippen LogP contribution in [0.5, 0.6) is 11.5 Å². The van der Waals surface area contributed by atoms with E-state index in [1.54, 1.807) is 25.3 Å². The van der Waals surface area contributed by atoms with Crippen LogP contribution in [0.15, 0.2) is 35.5 Å². The van der Waals surface area contributed by atoms with Crippen molar-refractivity contribution >= 4 is 11.5 Å². The minimum absolute atomic E-state index is 0.00108. The topological polar surface area (TPSA) is 76.4 Å². The second-order valence-corrected chi connectivity index (χ2v) is 8.82. The summed E-state index contributed by atoms with van der Waals surface area (Å²) in [6.45, 7) is 2.07. The number of fused-ring (bicyclic) bond motifs is 3. The van der Waals surface area contributed by atoms with Crippen molar-refractivity contribution < 1.29 is 28.1 Å². The number of hydrogen-bond donors (Lipinski definition) is 1. The number of ether oxygens (including phenoxy) is 3. The third-order valence-corrected chi connectivity index (χ3v) is 6.72. The number of nitrogens with zero attached hydrogens (tertiary/aromatic N) is 3. The van der Waals surface area contributed by atoms with Gasteiger partial charge < -0.3 is 24.2 Å². The first-order valence-corrected chi connectivity index (χ1v) is 11.8. The van der Waals surface area contributed by atoms with E-state index in [0.29, 0.717) is 38.4 Å². The number of anilines is 1. The molecule has 0 bridgehead atoms. The van der Waals surface area contributed by atoms with Crippen LogP contribution in [0.3, 0.4) is 0 Å². The molecule has 0 radical (unpaired) electrons. The van der Waals surface area contributed by atoms with Crippen molar-refractivity contribution in [1.82, 2.24) is 4.98 Å². The third-order valence-electron chi connectivity index (χ3n) is 6.72. The summed E-state index contributed by atoms with van der Waals surface area (Å²) in [5, 5.41) is 10.3. The Morgan fingerprint density at radius 2 is 2.00 bits per heavy atom. The molecule has 0 amide bonds. The van der Waals surface area contributed by atoms with E-state index in [1.807, 2.05) is 12.1 Å². The lowest BCUT2D eigenvalue weighted by Gasteiger charge is -2.37. The molecule has 1 N–H and O–H groups in total. The fourth-order valence-electron chi connectivity index (χ4n) is 5.14. The van der Waals surface area contributed by atoms with Gasteiger partial charge in [-0.3, -0.25) is 4.99 Å². The van der Waals surface area contributed by atoms with Gasteiger partial charge >= 0.3 is 6.61 Å². The highest BCUT2D eigenvalue weighted by molar-refractivity contribution is 6.15. The van der Waals surface area contributed by atoms with Gasteiger partial charge in [0, 0.05) is 36.3 Å². The number of rotatable bonds is 6. The molecular weight excluding hydrogens is 444 g/mol. The summed E-state index contributed by atoms with van der Waals surface area (Å²) in [7, 11) is 0. The minimum atomic E-state index is -2.97. The molecule has 34 heavy (non-hydrogen) atoms. The molecule has 5 rings (SSSR count). The molecule has 0 spiro atoms. The highest BCUT2D eigenvalue weighted by Gasteiger charge is 2.37. The first-order valence-electron chi connectivity index (χ1n) is 11.8. The van der Waals surface area contributed by atoms with Crippen molar-refractivity contribution in [2.75, 3.05) is 37.8 Å². The van der Waals surface area contributed by atoms with Gasteiger partial charge in [0.25, 0.3) is 0 Å². The standard InChI is InChI=1S/C25H29F2N3O4/c1-2-33-21-12-17-18-11-16(31)4-5-20(18)29-24(19(17)13-22(21)34-25(26)27)15-3-6-23(28-14-15)30-7-9-32-10-8-30/h3,6,12-14,16,18,20,25,31H,2,4-5,7-11H2,1H3. The lowest BCUT2D eigenvalue weighted by atomic mass is 9.74. The second kappa shape index (κ2) is 9.84. The van der Waals surface area contributed by atoms with E-state index in [0.717, 1.165) is 42.0 Å². The number of benzene rings is 1. The number of aliphatic hydroxyl groups is 1. The summed E-state index contributed by atoms with van der Waals surface area (Å²) in [5.41, 5.74) is 3.18. The quantitative estimate of drug-likeness (QED) is 0.689. The molecular formula is C25H29F2N3O4. The Morgan fingerprint density at radius 1 is 1.18 bits per heavy atom. The van der Waals surface area contributed by atoms with Crippen LogP contribution in [0.2, 0.25) is 0 Å². The average Bonchev–Trinajstić information content (AvgIpc) is 2.85. The van der Waals surface area contributed by atoms with Crippen LogP contribution >= 0.6 is 0 Å². The molecule has 2 aliphatic heterocycles. The largest absolute Gasteiger partial charge is 0.490 e. The van der Waals surface area contributed by atoms with Crippen LogP contribution in [0.25, 0.3) is 0 Å². The molecule has 3 atom stereocenters. The number of morpholine rings is 1. The third kappa shape index (κ3) is 4.59. The van der Waals surface area contributed by atoms with Gasteiger partial charge in [-0.05, 0) is 56.0 Å². The van der Waals surface area contributed by atoms with E-state index in [1.165, 1.54) is 0 Å².